The number of carbonyl (C=O) groups is 2. The van der Waals surface area contributed by atoms with E-state index >= 15 is 0 Å². The molecule has 0 bridgehead atoms. The normalized spacial score (nSPS) is 15.9. The van der Waals surface area contributed by atoms with Crippen LogP contribution in [0.25, 0.3) is 0 Å². The van der Waals surface area contributed by atoms with E-state index in [0.717, 1.165) is 12.8 Å². The molecule has 2 amide bonds. The van der Waals surface area contributed by atoms with Crippen LogP contribution >= 0.6 is 0 Å². The second-order valence-electron chi connectivity index (χ2n) is 4.40. The van der Waals surface area contributed by atoms with Crippen molar-refractivity contribution in [1.82, 2.24) is 16.0 Å². The van der Waals surface area contributed by atoms with E-state index in [9.17, 15) is 9.59 Å². The number of rotatable bonds is 5. The molecule has 1 saturated carbocycles. The van der Waals surface area contributed by atoms with Crippen molar-refractivity contribution in [2.45, 2.75) is 38.3 Å². The summed E-state index contributed by atoms with van der Waals surface area (Å²) in [5.41, 5.74) is -0.639. The molecule has 1 fully saturated rings. The predicted octanol–water partition coefficient (Wildman–Crippen LogP) is -0.621. The molecule has 0 saturated heterocycles. The second-order valence-corrected chi connectivity index (χ2v) is 4.40. The first-order chi connectivity index (χ1) is 6.95. The number of carbonyl (C=O) groups excluding carboxylic acids is 2. The van der Waals surface area contributed by atoms with Gasteiger partial charge in [-0.25, -0.2) is 0 Å². The van der Waals surface area contributed by atoms with Gasteiger partial charge in [0, 0.05) is 6.04 Å². The minimum atomic E-state index is -0.639. The third-order valence-electron chi connectivity index (χ3n) is 2.54. The zero-order valence-electron chi connectivity index (χ0n) is 9.52. The molecular formula is C10H19N3O2. The first kappa shape index (κ1) is 12.0. The largest absolute Gasteiger partial charge is 0.352 e. The first-order valence-corrected chi connectivity index (χ1v) is 5.22. The van der Waals surface area contributed by atoms with Gasteiger partial charge in [0.25, 0.3) is 0 Å². The third kappa shape index (κ3) is 3.87. The molecule has 3 N–H and O–H groups in total. The molecule has 0 aromatic heterocycles. The van der Waals surface area contributed by atoms with Crippen molar-refractivity contribution in [2.24, 2.45) is 0 Å². The highest BCUT2D eigenvalue weighted by atomic mass is 16.2. The summed E-state index contributed by atoms with van der Waals surface area (Å²) < 4.78 is 0. The van der Waals surface area contributed by atoms with Crippen molar-refractivity contribution in [3.63, 3.8) is 0 Å². The maximum Gasteiger partial charge on any atom is 0.240 e. The standard InChI is InChI=1S/C10H19N3O2/c1-10(2,11-3)9(15)12-6-8(14)13-7-4-5-7/h7,11H,4-6H2,1-3H3,(H,12,15)(H,13,14). The average molecular weight is 213 g/mol. The van der Waals surface area contributed by atoms with Crippen LogP contribution in [0.5, 0.6) is 0 Å². The Morgan fingerprint density at radius 3 is 2.40 bits per heavy atom. The smallest absolute Gasteiger partial charge is 0.240 e. The molecule has 1 rings (SSSR count). The zero-order chi connectivity index (χ0) is 11.5. The molecule has 0 heterocycles. The van der Waals surface area contributed by atoms with Gasteiger partial charge in [0.15, 0.2) is 0 Å². The lowest BCUT2D eigenvalue weighted by Crippen LogP contribution is -2.53. The summed E-state index contributed by atoms with van der Waals surface area (Å²) in [5, 5.41) is 8.27. The number of nitrogens with one attached hydrogen (secondary N) is 3. The van der Waals surface area contributed by atoms with Gasteiger partial charge in [0.05, 0.1) is 12.1 Å². The van der Waals surface area contributed by atoms with E-state index in [-0.39, 0.29) is 18.4 Å². The topological polar surface area (TPSA) is 70.2 Å². The van der Waals surface area contributed by atoms with Gasteiger partial charge >= 0.3 is 0 Å². The molecule has 0 aromatic carbocycles. The van der Waals surface area contributed by atoms with Crippen molar-refractivity contribution in [1.29, 1.82) is 0 Å². The Hall–Kier alpha value is -1.10. The molecule has 5 heteroatoms. The number of hydrogen-bond donors (Lipinski definition) is 3. The maximum absolute atomic E-state index is 11.5. The van der Waals surface area contributed by atoms with Gasteiger partial charge in [-0.05, 0) is 33.7 Å². The molecule has 5 nitrogen and oxygen atoms in total. The van der Waals surface area contributed by atoms with Gasteiger partial charge in [-0.15, -0.1) is 0 Å². The van der Waals surface area contributed by atoms with Gasteiger partial charge in [-0.1, -0.05) is 0 Å². The molecule has 0 aliphatic heterocycles. The number of amides is 2. The molecule has 0 radical (unpaired) electrons. The van der Waals surface area contributed by atoms with Crippen molar-refractivity contribution in [3.8, 4) is 0 Å². The Balaban J connectivity index is 2.23. The Morgan fingerprint density at radius 2 is 1.93 bits per heavy atom. The van der Waals surface area contributed by atoms with Crippen molar-refractivity contribution >= 4 is 11.8 Å². The quantitative estimate of drug-likeness (QED) is 0.570. The van der Waals surface area contributed by atoms with E-state index < -0.39 is 5.54 Å². The lowest BCUT2D eigenvalue weighted by atomic mass is 10.1. The van der Waals surface area contributed by atoms with E-state index in [1.807, 2.05) is 0 Å². The Bertz CT molecular complexity index is 259. The summed E-state index contributed by atoms with van der Waals surface area (Å²) in [5.74, 6) is -0.284. The molecule has 86 valence electrons. The van der Waals surface area contributed by atoms with Crippen LogP contribution in [0.15, 0.2) is 0 Å². The fourth-order valence-electron chi connectivity index (χ4n) is 1.00. The summed E-state index contributed by atoms with van der Waals surface area (Å²) >= 11 is 0. The molecule has 0 spiro atoms. The zero-order valence-corrected chi connectivity index (χ0v) is 9.52. The van der Waals surface area contributed by atoms with Gasteiger partial charge in [0.2, 0.25) is 11.8 Å². The molecule has 15 heavy (non-hydrogen) atoms. The fourth-order valence-corrected chi connectivity index (χ4v) is 1.00. The molecule has 1 aliphatic rings. The summed E-state index contributed by atoms with van der Waals surface area (Å²) in [6, 6.07) is 0.340. The summed E-state index contributed by atoms with van der Waals surface area (Å²) in [4.78, 5) is 22.8. The van der Waals surface area contributed by atoms with Crippen LogP contribution in [-0.2, 0) is 9.59 Å². The van der Waals surface area contributed by atoms with Gasteiger partial charge < -0.3 is 16.0 Å². The highest BCUT2D eigenvalue weighted by Crippen LogP contribution is 2.18. The van der Waals surface area contributed by atoms with E-state index in [1.165, 1.54) is 0 Å². The minimum Gasteiger partial charge on any atom is -0.352 e. The van der Waals surface area contributed by atoms with Crippen LogP contribution < -0.4 is 16.0 Å². The molecule has 0 aromatic rings. The van der Waals surface area contributed by atoms with E-state index in [4.69, 9.17) is 0 Å². The summed E-state index contributed by atoms with van der Waals surface area (Å²) in [7, 11) is 1.71. The summed E-state index contributed by atoms with van der Waals surface area (Å²) in [6.07, 6.45) is 2.11. The van der Waals surface area contributed by atoms with E-state index in [0.29, 0.717) is 6.04 Å². The minimum absolute atomic E-state index is 0.0560. The number of likely N-dealkylation sites (N-methyl/N-ethyl adjacent to an activating group) is 1. The Morgan fingerprint density at radius 1 is 1.33 bits per heavy atom. The molecule has 1 aliphatic carbocycles. The van der Waals surface area contributed by atoms with Crippen LogP contribution in [0, 0.1) is 0 Å². The van der Waals surface area contributed by atoms with Crippen LogP contribution in [-0.4, -0.2) is 37.0 Å². The van der Waals surface area contributed by atoms with Gasteiger partial charge in [-0.3, -0.25) is 9.59 Å². The van der Waals surface area contributed by atoms with E-state index in [1.54, 1.807) is 20.9 Å². The highest BCUT2D eigenvalue weighted by molar-refractivity contribution is 5.89. The fraction of sp³-hybridized carbons (Fsp3) is 0.800. The van der Waals surface area contributed by atoms with Gasteiger partial charge in [0.1, 0.15) is 0 Å². The van der Waals surface area contributed by atoms with Crippen LogP contribution in [0.4, 0.5) is 0 Å². The summed E-state index contributed by atoms with van der Waals surface area (Å²) in [6.45, 7) is 3.59. The monoisotopic (exact) mass is 213 g/mol. The maximum atomic E-state index is 11.5. The average Bonchev–Trinajstić information content (AvgIpc) is 2.97. The highest BCUT2D eigenvalue weighted by Gasteiger charge is 2.26. The van der Waals surface area contributed by atoms with Gasteiger partial charge in [-0.2, -0.15) is 0 Å². The molecule has 0 unspecified atom stereocenters. The SMILES string of the molecule is CNC(C)(C)C(=O)NCC(=O)NC1CC1. The van der Waals surface area contributed by atoms with Crippen molar-refractivity contribution in [2.75, 3.05) is 13.6 Å². The van der Waals surface area contributed by atoms with Crippen molar-refractivity contribution < 1.29 is 9.59 Å². The van der Waals surface area contributed by atoms with Crippen LogP contribution in [0.3, 0.4) is 0 Å². The Labute approximate surface area is 90.0 Å². The number of hydrogen-bond acceptors (Lipinski definition) is 3. The van der Waals surface area contributed by atoms with Crippen LogP contribution in [0.1, 0.15) is 26.7 Å². The van der Waals surface area contributed by atoms with E-state index in [2.05, 4.69) is 16.0 Å². The Kier molecular flexibility index (Phi) is 3.68. The first-order valence-electron chi connectivity index (χ1n) is 5.22. The molecule has 0 atom stereocenters. The predicted molar refractivity (Wildman–Crippen MR) is 57.3 cm³/mol. The second kappa shape index (κ2) is 4.61. The molecular weight excluding hydrogens is 194 g/mol. The third-order valence-corrected chi connectivity index (χ3v) is 2.54. The van der Waals surface area contributed by atoms with Crippen LogP contribution in [0.2, 0.25) is 0 Å². The lowest BCUT2D eigenvalue weighted by Gasteiger charge is -2.22. The lowest BCUT2D eigenvalue weighted by molar-refractivity contribution is -0.129. The van der Waals surface area contributed by atoms with Crippen molar-refractivity contribution in [3.05, 3.63) is 0 Å².